The third-order valence-electron chi connectivity index (χ3n) is 10.4. The molecule has 2 aliphatic carbocycles. The second-order valence-electron chi connectivity index (χ2n) is 13.6. The molecular formula is C40H53FO5. The first-order valence-corrected chi connectivity index (χ1v) is 17.3. The predicted molar refractivity (Wildman–Crippen MR) is 182 cm³/mol. The number of unbranched alkanes of at least 4 members (excludes halogenated alkanes) is 1. The summed E-state index contributed by atoms with van der Waals surface area (Å²) in [6.45, 7) is 8.73. The largest absolute Gasteiger partial charge is 0.462 e. The zero-order valence-corrected chi connectivity index (χ0v) is 27.7. The molecule has 250 valence electrons. The van der Waals surface area contributed by atoms with Crippen LogP contribution in [0.4, 0.5) is 4.39 Å². The summed E-state index contributed by atoms with van der Waals surface area (Å²) in [5, 5.41) is 9.13. The summed E-state index contributed by atoms with van der Waals surface area (Å²) >= 11 is 0. The van der Waals surface area contributed by atoms with Gasteiger partial charge in [0.15, 0.2) is 0 Å². The first-order valence-electron chi connectivity index (χ1n) is 17.3. The number of rotatable bonds is 16. The van der Waals surface area contributed by atoms with E-state index in [0.717, 1.165) is 37.5 Å². The molecule has 5 nitrogen and oxygen atoms in total. The molecule has 2 fully saturated rings. The third kappa shape index (κ3) is 10.4. The van der Waals surface area contributed by atoms with Gasteiger partial charge in [0.2, 0.25) is 0 Å². The smallest absolute Gasteiger partial charge is 0.335 e. The minimum Gasteiger partial charge on any atom is -0.462 e. The van der Waals surface area contributed by atoms with Gasteiger partial charge in [-0.15, -0.1) is 0 Å². The van der Waals surface area contributed by atoms with Crippen LogP contribution >= 0.6 is 0 Å². The fourth-order valence-corrected chi connectivity index (χ4v) is 7.48. The maximum Gasteiger partial charge on any atom is 0.335 e. The molecule has 6 heteroatoms. The fraction of sp³-hybridized carbons (Fsp3) is 0.550. The van der Waals surface area contributed by atoms with E-state index >= 15 is 0 Å². The molecule has 0 heterocycles. The van der Waals surface area contributed by atoms with Gasteiger partial charge in [-0.25, -0.2) is 9.59 Å². The average Bonchev–Trinajstić information content (AvgIpc) is 3.09. The number of ether oxygens (including phenoxy) is 2. The van der Waals surface area contributed by atoms with Gasteiger partial charge in [-0.2, -0.15) is 0 Å². The molecule has 1 atom stereocenters. The molecule has 0 aliphatic heterocycles. The lowest BCUT2D eigenvalue weighted by Crippen LogP contribution is -2.31. The monoisotopic (exact) mass is 632 g/mol. The average molecular weight is 633 g/mol. The number of carbonyl (C=O) groups excluding carboxylic acids is 2. The highest BCUT2D eigenvalue weighted by Crippen LogP contribution is 2.45. The van der Waals surface area contributed by atoms with Crippen LogP contribution in [0.5, 0.6) is 0 Å². The maximum atomic E-state index is 12.4. The Morgan fingerprint density at radius 2 is 1.41 bits per heavy atom. The van der Waals surface area contributed by atoms with Crippen molar-refractivity contribution in [3.63, 3.8) is 0 Å². The fourth-order valence-electron chi connectivity index (χ4n) is 7.48. The zero-order chi connectivity index (χ0) is 32.9. The van der Waals surface area contributed by atoms with E-state index in [1.54, 1.807) is 6.92 Å². The summed E-state index contributed by atoms with van der Waals surface area (Å²) in [5.74, 6) is 1.70. The molecule has 0 saturated heterocycles. The Hall–Kier alpha value is -3.25. The maximum absolute atomic E-state index is 12.4. The highest BCUT2D eigenvalue weighted by molar-refractivity contribution is 5.88. The number of alkyl halides is 1. The summed E-state index contributed by atoms with van der Waals surface area (Å²) in [6, 6.07) is 17.9. The topological polar surface area (TPSA) is 72.8 Å². The van der Waals surface area contributed by atoms with Crippen LogP contribution in [0.2, 0.25) is 0 Å². The summed E-state index contributed by atoms with van der Waals surface area (Å²) in [6.07, 6.45) is 12.7. The third-order valence-corrected chi connectivity index (χ3v) is 10.4. The summed E-state index contributed by atoms with van der Waals surface area (Å²) in [7, 11) is 0. The molecular weight excluding hydrogens is 579 g/mol. The van der Waals surface area contributed by atoms with Crippen LogP contribution in [0.25, 0.3) is 11.1 Å². The van der Waals surface area contributed by atoms with E-state index < -0.39 is 12.6 Å². The van der Waals surface area contributed by atoms with E-state index in [9.17, 15) is 14.0 Å². The van der Waals surface area contributed by atoms with E-state index in [4.69, 9.17) is 14.6 Å². The number of aliphatic hydroxyl groups is 1. The van der Waals surface area contributed by atoms with Gasteiger partial charge < -0.3 is 14.6 Å². The van der Waals surface area contributed by atoms with E-state index in [1.165, 1.54) is 60.8 Å². The Labute approximate surface area is 275 Å². The van der Waals surface area contributed by atoms with Gasteiger partial charge in [-0.05, 0) is 136 Å². The minimum absolute atomic E-state index is 0.0438. The predicted octanol–water partition coefficient (Wildman–Crippen LogP) is 8.94. The van der Waals surface area contributed by atoms with Gasteiger partial charge in [0.05, 0.1) is 32.1 Å². The van der Waals surface area contributed by atoms with Crippen LogP contribution in [-0.2, 0) is 25.5 Å². The number of benzene rings is 2. The SMILES string of the molecule is C=C(C)C(=O)OCC(CCOC(=O)C(=C)CO)C1CCC(C2CCC(c3ccc(-c4ccc(CCCCF)cc4)cc3)CC2)CC1. The van der Waals surface area contributed by atoms with Crippen molar-refractivity contribution in [2.45, 2.75) is 89.9 Å². The van der Waals surface area contributed by atoms with Crippen LogP contribution in [0.3, 0.4) is 0 Å². The molecule has 0 aromatic heterocycles. The molecule has 2 aliphatic rings. The first-order chi connectivity index (χ1) is 22.3. The molecule has 2 aromatic carbocycles. The van der Waals surface area contributed by atoms with Gasteiger partial charge in [0, 0.05) is 5.57 Å². The molecule has 46 heavy (non-hydrogen) atoms. The number of esters is 2. The number of aryl methyl sites for hydroxylation is 1. The molecule has 2 aromatic rings. The van der Waals surface area contributed by atoms with Gasteiger partial charge in [-0.1, -0.05) is 61.7 Å². The van der Waals surface area contributed by atoms with Crippen molar-refractivity contribution in [3.8, 4) is 11.1 Å². The second kappa shape index (κ2) is 18.2. The van der Waals surface area contributed by atoms with Crippen molar-refractivity contribution >= 4 is 11.9 Å². The lowest BCUT2D eigenvalue weighted by Gasteiger charge is -2.39. The van der Waals surface area contributed by atoms with Gasteiger partial charge in [0.25, 0.3) is 0 Å². The van der Waals surface area contributed by atoms with Crippen LogP contribution < -0.4 is 0 Å². The van der Waals surface area contributed by atoms with E-state index in [2.05, 4.69) is 61.7 Å². The number of aliphatic hydroxyl groups excluding tert-OH is 1. The molecule has 0 bridgehead atoms. The number of hydrogen-bond acceptors (Lipinski definition) is 5. The Morgan fingerprint density at radius 3 is 1.98 bits per heavy atom. The Bertz CT molecular complexity index is 1270. The molecule has 2 saturated carbocycles. The molecule has 0 amide bonds. The highest BCUT2D eigenvalue weighted by Gasteiger charge is 2.34. The van der Waals surface area contributed by atoms with Crippen LogP contribution in [0.15, 0.2) is 72.8 Å². The number of halogens is 1. The Kier molecular flexibility index (Phi) is 14.1. The van der Waals surface area contributed by atoms with E-state index in [-0.39, 0.29) is 30.7 Å². The van der Waals surface area contributed by atoms with Gasteiger partial charge in [0.1, 0.15) is 0 Å². The summed E-state index contributed by atoms with van der Waals surface area (Å²) in [4.78, 5) is 24.1. The molecule has 4 rings (SSSR count). The second-order valence-corrected chi connectivity index (χ2v) is 13.6. The van der Waals surface area contributed by atoms with Gasteiger partial charge >= 0.3 is 11.9 Å². The van der Waals surface area contributed by atoms with Crippen molar-refractivity contribution in [1.82, 2.24) is 0 Å². The van der Waals surface area contributed by atoms with Crippen LogP contribution in [0.1, 0.15) is 94.6 Å². The van der Waals surface area contributed by atoms with E-state index in [1.807, 2.05) is 0 Å². The van der Waals surface area contributed by atoms with Crippen molar-refractivity contribution in [3.05, 3.63) is 84.0 Å². The van der Waals surface area contributed by atoms with E-state index in [0.29, 0.717) is 36.9 Å². The Balaban J connectivity index is 1.23. The highest BCUT2D eigenvalue weighted by atomic mass is 19.1. The van der Waals surface area contributed by atoms with Crippen molar-refractivity contribution < 1.29 is 28.6 Å². The zero-order valence-electron chi connectivity index (χ0n) is 27.7. The summed E-state index contributed by atoms with van der Waals surface area (Å²) in [5.41, 5.74) is 5.61. The van der Waals surface area contributed by atoms with Crippen molar-refractivity contribution in [2.75, 3.05) is 26.5 Å². The first kappa shape index (κ1) is 35.6. The van der Waals surface area contributed by atoms with Crippen LogP contribution in [-0.4, -0.2) is 43.5 Å². The summed E-state index contributed by atoms with van der Waals surface area (Å²) < 4.78 is 23.3. The lowest BCUT2D eigenvalue weighted by atomic mass is 9.66. The van der Waals surface area contributed by atoms with Crippen molar-refractivity contribution in [2.24, 2.45) is 23.7 Å². The van der Waals surface area contributed by atoms with Crippen molar-refractivity contribution in [1.29, 1.82) is 0 Å². The quantitative estimate of drug-likeness (QED) is 0.114. The lowest BCUT2D eigenvalue weighted by molar-refractivity contribution is -0.144. The van der Waals surface area contributed by atoms with Crippen LogP contribution in [0, 0.1) is 23.7 Å². The number of carbonyl (C=O) groups is 2. The Morgan fingerprint density at radius 1 is 0.826 bits per heavy atom. The number of hydrogen-bond donors (Lipinski definition) is 1. The standard InChI is InChI=1S/C40H53FO5/c1-28(2)39(43)46-27-38(23-25-45-40(44)29(3)26-42)37-21-19-36(20-22-37)35-17-15-34(16-18-35)33-13-11-32(12-14-33)31-9-7-30(8-10-31)6-4-5-24-41/h7-14,34-38,42H,1,3-6,15-27H2,2H3. The molecule has 0 radical (unpaired) electrons. The molecule has 1 N–H and O–H groups in total. The van der Waals surface area contributed by atoms with Gasteiger partial charge in [-0.3, -0.25) is 4.39 Å². The molecule has 0 spiro atoms. The minimum atomic E-state index is -0.580. The normalized spacial score (nSPS) is 22.1. The molecule has 1 unspecified atom stereocenters.